The van der Waals surface area contributed by atoms with Crippen LogP contribution in [0.3, 0.4) is 0 Å². The molecule has 2 rings (SSSR count). The summed E-state index contributed by atoms with van der Waals surface area (Å²) in [5.41, 5.74) is 4.59. The van der Waals surface area contributed by atoms with Crippen LogP contribution in [0.25, 0.3) is 0 Å². The Balaban J connectivity index is 2.02. The number of nitrogens with two attached hydrogens (primary N) is 1. The molecule has 0 amide bonds. The first kappa shape index (κ1) is 12.3. The lowest BCUT2D eigenvalue weighted by molar-refractivity contribution is -0.0176. The summed E-state index contributed by atoms with van der Waals surface area (Å²) in [5, 5.41) is 13.5. The molecule has 1 saturated heterocycles. The molecule has 0 spiro atoms. The minimum absolute atomic E-state index is 0.0997. The average Bonchev–Trinajstić information content (AvgIpc) is 2.56. The number of nitrogens with zero attached hydrogens (tertiary/aromatic N) is 2. The van der Waals surface area contributed by atoms with Crippen LogP contribution in [-0.2, 0) is 4.74 Å². The smallest absolute Gasteiger partial charge is 0.223 e. The number of nitrogen functional groups attached to an aromatic ring is 1. The number of rotatable bonds is 3. The van der Waals surface area contributed by atoms with Crippen molar-refractivity contribution in [1.29, 1.82) is 0 Å². The molecule has 6 nitrogen and oxygen atoms in total. The van der Waals surface area contributed by atoms with E-state index in [4.69, 9.17) is 22.1 Å². The second-order valence-electron chi connectivity index (χ2n) is 4.15. The number of aliphatic hydroxyl groups is 1. The first-order valence-electron chi connectivity index (χ1n) is 5.37. The Labute approximate surface area is 104 Å². The molecular formula is C10H15ClN4O2. The van der Waals surface area contributed by atoms with Crippen LogP contribution in [0.15, 0.2) is 6.07 Å². The van der Waals surface area contributed by atoms with E-state index in [0.717, 1.165) is 0 Å². The van der Waals surface area contributed by atoms with Crippen LogP contribution >= 0.6 is 11.6 Å². The quantitative estimate of drug-likeness (QED) is 0.690. The maximum atomic E-state index is 10.3. The van der Waals surface area contributed by atoms with Gasteiger partial charge >= 0.3 is 0 Å². The molecule has 1 aliphatic rings. The molecule has 2 unspecified atom stereocenters. The minimum atomic E-state index is -0.883. The third-order valence-corrected chi connectivity index (χ3v) is 3.14. The zero-order valence-electron chi connectivity index (χ0n) is 9.48. The van der Waals surface area contributed by atoms with Crippen molar-refractivity contribution in [3.05, 3.63) is 11.2 Å². The number of ether oxygens (including phenoxy) is 1. The first-order chi connectivity index (χ1) is 7.99. The molecule has 2 atom stereocenters. The van der Waals surface area contributed by atoms with Crippen molar-refractivity contribution in [2.24, 2.45) is 0 Å². The highest BCUT2D eigenvalue weighted by atomic mass is 35.5. The lowest BCUT2D eigenvalue weighted by Crippen LogP contribution is -2.43. The summed E-state index contributed by atoms with van der Waals surface area (Å²) < 4.78 is 5.33. The maximum Gasteiger partial charge on any atom is 0.223 e. The summed E-state index contributed by atoms with van der Waals surface area (Å²) in [6.45, 7) is 2.74. The standard InChI is InChI=1S/C10H15ClN4O2/c1-6-10(16,2-3-17-6)5-13-8-4-7(11)14-9(12)15-8/h4,6,16H,2-3,5H2,1H3,(H3,12,13,14,15). The van der Waals surface area contributed by atoms with Gasteiger partial charge in [0.15, 0.2) is 0 Å². The fourth-order valence-corrected chi connectivity index (χ4v) is 1.96. The second kappa shape index (κ2) is 4.64. The maximum absolute atomic E-state index is 10.3. The number of hydrogen-bond acceptors (Lipinski definition) is 6. The molecule has 7 heteroatoms. The Morgan fingerprint density at radius 2 is 2.47 bits per heavy atom. The third-order valence-electron chi connectivity index (χ3n) is 2.95. The van der Waals surface area contributed by atoms with Gasteiger partial charge in [-0.1, -0.05) is 11.6 Å². The van der Waals surface area contributed by atoms with E-state index in [1.54, 1.807) is 6.07 Å². The Hall–Kier alpha value is -1.11. The molecule has 4 N–H and O–H groups in total. The summed E-state index contributed by atoms with van der Waals surface area (Å²) in [4.78, 5) is 7.72. The van der Waals surface area contributed by atoms with Crippen molar-refractivity contribution in [3.8, 4) is 0 Å². The zero-order chi connectivity index (χ0) is 12.5. The minimum Gasteiger partial charge on any atom is -0.385 e. The van der Waals surface area contributed by atoms with E-state index in [9.17, 15) is 5.11 Å². The van der Waals surface area contributed by atoms with Gasteiger partial charge in [0.05, 0.1) is 6.10 Å². The Kier molecular flexibility index (Phi) is 3.37. The molecule has 0 aliphatic carbocycles. The number of anilines is 2. The van der Waals surface area contributed by atoms with E-state index in [0.29, 0.717) is 25.4 Å². The summed E-state index contributed by atoms with van der Waals surface area (Å²) in [6, 6.07) is 1.56. The molecule has 2 heterocycles. The van der Waals surface area contributed by atoms with Gasteiger partial charge in [-0.25, -0.2) is 4.98 Å². The predicted octanol–water partition coefficient (Wildman–Crippen LogP) is 0.664. The predicted molar refractivity (Wildman–Crippen MR) is 64.9 cm³/mol. The van der Waals surface area contributed by atoms with Crippen LogP contribution in [0.5, 0.6) is 0 Å². The summed E-state index contributed by atoms with van der Waals surface area (Å²) in [5.74, 6) is 0.595. The van der Waals surface area contributed by atoms with Crippen molar-refractivity contribution >= 4 is 23.4 Å². The van der Waals surface area contributed by atoms with Gasteiger partial charge < -0.3 is 20.9 Å². The highest BCUT2D eigenvalue weighted by Gasteiger charge is 2.39. The summed E-state index contributed by atoms with van der Waals surface area (Å²) in [6.07, 6.45) is 0.389. The lowest BCUT2D eigenvalue weighted by atomic mass is 9.97. The second-order valence-corrected chi connectivity index (χ2v) is 4.54. The van der Waals surface area contributed by atoms with Crippen molar-refractivity contribution in [2.45, 2.75) is 25.0 Å². The number of nitrogens with one attached hydrogen (secondary N) is 1. The van der Waals surface area contributed by atoms with Crippen molar-refractivity contribution < 1.29 is 9.84 Å². The molecule has 1 aromatic rings. The van der Waals surface area contributed by atoms with Crippen molar-refractivity contribution in [1.82, 2.24) is 9.97 Å². The molecule has 0 bridgehead atoms. The molecule has 17 heavy (non-hydrogen) atoms. The fraction of sp³-hybridized carbons (Fsp3) is 0.600. The largest absolute Gasteiger partial charge is 0.385 e. The van der Waals surface area contributed by atoms with E-state index in [1.165, 1.54) is 0 Å². The molecule has 0 radical (unpaired) electrons. The SMILES string of the molecule is CC1OCCC1(O)CNc1cc(Cl)nc(N)n1. The molecule has 0 aromatic carbocycles. The van der Waals surface area contributed by atoms with Crippen LogP contribution < -0.4 is 11.1 Å². The Bertz CT molecular complexity index is 397. The van der Waals surface area contributed by atoms with Crippen molar-refractivity contribution in [2.75, 3.05) is 24.2 Å². The molecular weight excluding hydrogens is 244 g/mol. The van der Waals surface area contributed by atoms with E-state index in [1.807, 2.05) is 6.92 Å². The van der Waals surface area contributed by atoms with Gasteiger partial charge in [0.2, 0.25) is 5.95 Å². The van der Waals surface area contributed by atoms with Crippen LogP contribution in [0.2, 0.25) is 5.15 Å². The van der Waals surface area contributed by atoms with Gasteiger partial charge in [-0.15, -0.1) is 0 Å². The van der Waals surface area contributed by atoms with Gasteiger partial charge in [0.25, 0.3) is 0 Å². The molecule has 1 aromatic heterocycles. The summed E-state index contributed by atoms with van der Waals surface area (Å²) in [7, 11) is 0. The highest BCUT2D eigenvalue weighted by Crippen LogP contribution is 2.26. The van der Waals surface area contributed by atoms with Crippen molar-refractivity contribution in [3.63, 3.8) is 0 Å². The molecule has 94 valence electrons. The van der Waals surface area contributed by atoms with E-state index in [2.05, 4.69) is 15.3 Å². The van der Waals surface area contributed by atoms with Crippen LogP contribution in [0, 0.1) is 0 Å². The van der Waals surface area contributed by atoms with Gasteiger partial charge in [-0.05, 0) is 6.92 Å². The van der Waals surface area contributed by atoms with Gasteiger partial charge in [-0.3, -0.25) is 0 Å². The molecule has 1 fully saturated rings. The van der Waals surface area contributed by atoms with E-state index < -0.39 is 5.60 Å². The van der Waals surface area contributed by atoms with Gasteiger partial charge in [-0.2, -0.15) is 4.98 Å². The number of aromatic nitrogens is 2. The average molecular weight is 259 g/mol. The molecule has 1 aliphatic heterocycles. The Morgan fingerprint density at radius 1 is 1.71 bits per heavy atom. The summed E-state index contributed by atoms with van der Waals surface area (Å²) >= 11 is 5.75. The normalized spacial score (nSPS) is 28.3. The third kappa shape index (κ3) is 2.77. The zero-order valence-corrected chi connectivity index (χ0v) is 10.2. The first-order valence-corrected chi connectivity index (χ1v) is 5.75. The van der Waals surface area contributed by atoms with E-state index >= 15 is 0 Å². The number of hydrogen-bond donors (Lipinski definition) is 3. The highest BCUT2D eigenvalue weighted by molar-refractivity contribution is 6.29. The monoisotopic (exact) mass is 258 g/mol. The van der Waals surface area contributed by atoms with E-state index in [-0.39, 0.29) is 17.2 Å². The van der Waals surface area contributed by atoms with Crippen LogP contribution in [0.1, 0.15) is 13.3 Å². The fourth-order valence-electron chi connectivity index (χ4n) is 1.77. The van der Waals surface area contributed by atoms with Gasteiger partial charge in [0, 0.05) is 25.6 Å². The van der Waals surface area contributed by atoms with Crippen LogP contribution in [0.4, 0.5) is 11.8 Å². The molecule has 0 saturated carbocycles. The van der Waals surface area contributed by atoms with Gasteiger partial charge in [0.1, 0.15) is 16.6 Å². The topological polar surface area (TPSA) is 93.3 Å². The lowest BCUT2D eigenvalue weighted by Gasteiger charge is -2.26. The Morgan fingerprint density at radius 3 is 3.06 bits per heavy atom. The van der Waals surface area contributed by atoms with Crippen LogP contribution in [-0.4, -0.2) is 39.9 Å². The number of halogens is 1.